The van der Waals surface area contributed by atoms with Gasteiger partial charge in [0.25, 0.3) is 5.78 Å². The molecule has 0 aliphatic heterocycles. The predicted molar refractivity (Wildman–Crippen MR) is 25.1 cm³/mol. The van der Waals surface area contributed by atoms with Crippen LogP contribution in [0, 0.1) is 0 Å². The fraction of sp³-hybridized carbons (Fsp3) is 0.400. The molecule has 0 aromatic carbocycles. The van der Waals surface area contributed by atoms with Gasteiger partial charge in [0.05, 0.1) is 7.11 Å². The summed E-state index contributed by atoms with van der Waals surface area (Å²) in [5.74, 6) is -8.19. The molecule has 0 radical (unpaired) electrons. The molecule has 0 fully saturated rings. The lowest BCUT2D eigenvalue weighted by atomic mass is 10.00. The number of hydrogen-bond acceptors (Lipinski definition) is 2. The quantitative estimate of drug-likeness (QED) is 0.560. The molecule has 1 rings (SSSR count). The predicted octanol–water partition coefficient (Wildman–Crippen LogP) is 1.03. The van der Waals surface area contributed by atoms with E-state index in [1.807, 2.05) is 0 Å². The molecule has 2 nitrogen and oxygen atoms in total. The van der Waals surface area contributed by atoms with Gasteiger partial charge in [-0.25, -0.2) is 0 Å². The second-order valence-corrected chi connectivity index (χ2v) is 1.75. The summed E-state index contributed by atoms with van der Waals surface area (Å²) < 4.78 is 40.1. The van der Waals surface area contributed by atoms with Crippen molar-refractivity contribution in [3.8, 4) is 0 Å². The van der Waals surface area contributed by atoms with Crippen molar-refractivity contribution in [2.45, 2.75) is 5.92 Å². The highest BCUT2D eigenvalue weighted by atomic mass is 19.3. The Hall–Kier alpha value is -1.00. The molecule has 0 saturated heterocycles. The Labute approximate surface area is 54.3 Å². The highest BCUT2D eigenvalue weighted by Gasteiger charge is 2.59. The lowest BCUT2D eigenvalue weighted by Crippen LogP contribution is -2.42. The third kappa shape index (κ3) is 0.571. The minimum absolute atomic E-state index is 0.884. The van der Waals surface area contributed by atoms with Gasteiger partial charge >= 0.3 is 5.92 Å². The van der Waals surface area contributed by atoms with Gasteiger partial charge in [0.2, 0.25) is 11.6 Å². The van der Waals surface area contributed by atoms with E-state index >= 15 is 0 Å². The Balaban J connectivity index is 3.01. The summed E-state index contributed by atoms with van der Waals surface area (Å²) in [6.45, 7) is 0. The van der Waals surface area contributed by atoms with E-state index in [2.05, 4.69) is 4.74 Å². The second-order valence-electron chi connectivity index (χ2n) is 1.75. The van der Waals surface area contributed by atoms with Crippen molar-refractivity contribution in [3.05, 3.63) is 11.6 Å². The SMILES string of the molecule is COC1=C(F)C(=O)C1(F)F. The Morgan fingerprint density at radius 1 is 1.50 bits per heavy atom. The molecule has 0 N–H and O–H groups in total. The average molecular weight is 152 g/mol. The number of Topliss-reactive ketones (excluding diaryl/α,β-unsaturated/α-hetero) is 1. The highest BCUT2D eigenvalue weighted by molar-refractivity contribution is 6.08. The van der Waals surface area contributed by atoms with Gasteiger partial charge in [-0.15, -0.1) is 0 Å². The third-order valence-electron chi connectivity index (χ3n) is 1.17. The summed E-state index contributed by atoms with van der Waals surface area (Å²) >= 11 is 0. The molecule has 0 spiro atoms. The minimum Gasteiger partial charge on any atom is -0.492 e. The third-order valence-corrected chi connectivity index (χ3v) is 1.17. The maximum atomic E-state index is 12.1. The Kier molecular flexibility index (Phi) is 1.24. The summed E-state index contributed by atoms with van der Waals surface area (Å²) in [4.78, 5) is 9.99. The average Bonchev–Trinajstić information content (AvgIpc) is 1.88. The molecule has 0 bridgehead atoms. The normalized spacial score (nSPS) is 22.6. The van der Waals surface area contributed by atoms with Crippen LogP contribution in [0.2, 0.25) is 0 Å². The fourth-order valence-electron chi connectivity index (χ4n) is 0.637. The standard InChI is InChI=1S/C5H3F3O2/c1-10-4-2(6)3(9)5(4,7)8/h1H3. The van der Waals surface area contributed by atoms with E-state index in [4.69, 9.17) is 0 Å². The van der Waals surface area contributed by atoms with Gasteiger partial charge in [0, 0.05) is 0 Å². The van der Waals surface area contributed by atoms with Crippen molar-refractivity contribution in [1.82, 2.24) is 0 Å². The molecule has 5 heteroatoms. The molecule has 0 amide bonds. The van der Waals surface area contributed by atoms with E-state index in [-0.39, 0.29) is 0 Å². The summed E-state index contributed by atoms with van der Waals surface area (Å²) in [5, 5.41) is 0. The molecular weight excluding hydrogens is 149 g/mol. The number of hydrogen-bond donors (Lipinski definition) is 0. The Morgan fingerprint density at radius 3 is 2.20 bits per heavy atom. The van der Waals surface area contributed by atoms with Gasteiger partial charge in [0.1, 0.15) is 0 Å². The molecule has 0 atom stereocenters. The van der Waals surface area contributed by atoms with Gasteiger partial charge in [-0.1, -0.05) is 0 Å². The van der Waals surface area contributed by atoms with Crippen LogP contribution in [0.3, 0.4) is 0 Å². The van der Waals surface area contributed by atoms with E-state index in [0.29, 0.717) is 0 Å². The smallest absolute Gasteiger partial charge is 0.371 e. The van der Waals surface area contributed by atoms with Crippen molar-refractivity contribution >= 4 is 5.78 Å². The van der Waals surface area contributed by atoms with Crippen LogP contribution in [-0.2, 0) is 9.53 Å². The molecule has 0 heterocycles. The van der Waals surface area contributed by atoms with Gasteiger partial charge < -0.3 is 4.74 Å². The topological polar surface area (TPSA) is 26.3 Å². The number of halogens is 3. The van der Waals surface area contributed by atoms with Crippen LogP contribution >= 0.6 is 0 Å². The zero-order valence-electron chi connectivity index (χ0n) is 4.95. The van der Waals surface area contributed by atoms with Crippen LogP contribution in [0.15, 0.2) is 11.6 Å². The van der Waals surface area contributed by atoms with E-state index in [1.54, 1.807) is 0 Å². The van der Waals surface area contributed by atoms with Crippen molar-refractivity contribution < 1.29 is 22.7 Å². The number of rotatable bonds is 1. The molecule has 0 unspecified atom stereocenters. The van der Waals surface area contributed by atoms with Gasteiger partial charge in [-0.2, -0.15) is 13.2 Å². The van der Waals surface area contributed by atoms with Crippen molar-refractivity contribution in [3.63, 3.8) is 0 Å². The maximum Gasteiger partial charge on any atom is 0.371 e. The highest BCUT2D eigenvalue weighted by Crippen LogP contribution is 2.40. The van der Waals surface area contributed by atoms with Crippen molar-refractivity contribution in [2.24, 2.45) is 0 Å². The Bertz CT molecular complexity index is 219. The first-order valence-corrected chi connectivity index (χ1v) is 2.38. The second kappa shape index (κ2) is 1.74. The molecule has 1 aliphatic carbocycles. The number of allylic oxidation sites excluding steroid dienone is 2. The summed E-state index contributed by atoms with van der Waals surface area (Å²) in [6.07, 6.45) is 0. The molecule has 0 aromatic rings. The first-order chi connectivity index (χ1) is 4.51. The lowest BCUT2D eigenvalue weighted by molar-refractivity contribution is -0.148. The number of ether oxygens (including phenoxy) is 1. The van der Waals surface area contributed by atoms with E-state index in [9.17, 15) is 18.0 Å². The summed E-state index contributed by atoms with van der Waals surface area (Å²) in [6, 6.07) is 0. The molecule has 10 heavy (non-hydrogen) atoms. The zero-order chi connectivity index (χ0) is 7.94. The monoisotopic (exact) mass is 152 g/mol. The largest absolute Gasteiger partial charge is 0.492 e. The fourth-order valence-corrected chi connectivity index (χ4v) is 0.637. The molecule has 1 aliphatic rings. The molecule has 0 saturated carbocycles. The van der Waals surface area contributed by atoms with Crippen LogP contribution in [0.1, 0.15) is 0 Å². The molecule has 0 aromatic heterocycles. The lowest BCUT2D eigenvalue weighted by Gasteiger charge is -2.24. The first kappa shape index (κ1) is 7.11. The zero-order valence-corrected chi connectivity index (χ0v) is 4.95. The van der Waals surface area contributed by atoms with Gasteiger partial charge in [-0.3, -0.25) is 4.79 Å². The number of methoxy groups -OCH3 is 1. The van der Waals surface area contributed by atoms with Gasteiger partial charge in [0.15, 0.2) is 0 Å². The van der Waals surface area contributed by atoms with Crippen LogP contribution in [0.5, 0.6) is 0 Å². The van der Waals surface area contributed by atoms with Crippen molar-refractivity contribution in [1.29, 1.82) is 0 Å². The number of ketones is 1. The van der Waals surface area contributed by atoms with Gasteiger partial charge in [-0.05, 0) is 0 Å². The maximum absolute atomic E-state index is 12.1. The number of carbonyl (C=O) groups is 1. The summed E-state index contributed by atoms with van der Waals surface area (Å²) in [5.41, 5.74) is 0. The van der Waals surface area contributed by atoms with Crippen LogP contribution < -0.4 is 0 Å². The first-order valence-electron chi connectivity index (χ1n) is 2.38. The summed E-state index contributed by atoms with van der Waals surface area (Å²) in [7, 11) is 0.884. The van der Waals surface area contributed by atoms with Crippen LogP contribution in [-0.4, -0.2) is 18.8 Å². The van der Waals surface area contributed by atoms with E-state index in [1.165, 1.54) is 0 Å². The van der Waals surface area contributed by atoms with E-state index < -0.39 is 23.3 Å². The van der Waals surface area contributed by atoms with E-state index in [0.717, 1.165) is 7.11 Å². The molecular formula is C5H3F3O2. The number of carbonyl (C=O) groups excluding carboxylic acids is 1. The minimum atomic E-state index is -3.74. The molecule has 56 valence electrons. The van der Waals surface area contributed by atoms with Crippen LogP contribution in [0.4, 0.5) is 13.2 Å². The Morgan fingerprint density at radius 2 is 2.00 bits per heavy atom. The van der Waals surface area contributed by atoms with Crippen LogP contribution in [0.25, 0.3) is 0 Å². The van der Waals surface area contributed by atoms with Crippen molar-refractivity contribution in [2.75, 3.05) is 7.11 Å². The number of alkyl halides is 2.